The van der Waals surface area contributed by atoms with Gasteiger partial charge in [0, 0.05) is 33.8 Å². The van der Waals surface area contributed by atoms with E-state index in [0.717, 1.165) is 22.7 Å². The van der Waals surface area contributed by atoms with Crippen LogP contribution >= 0.6 is 0 Å². The molecule has 0 saturated carbocycles. The second-order valence-corrected chi connectivity index (χ2v) is 17.0. The number of fused-ring (bicyclic) bond motifs is 5. The van der Waals surface area contributed by atoms with Gasteiger partial charge in [-0.05, 0) is 146 Å². The third kappa shape index (κ3) is 6.33. The minimum atomic E-state index is -0.648. The Morgan fingerprint density at radius 1 is 0.328 bits per heavy atom. The lowest BCUT2D eigenvalue weighted by atomic mass is 9.67. The minimum Gasteiger partial charge on any atom is -0.310 e. The molecule has 0 unspecified atom stereocenters. The molecule has 0 N–H and O–H groups in total. The van der Waals surface area contributed by atoms with Gasteiger partial charge in [0.05, 0.1) is 11.1 Å². The summed E-state index contributed by atoms with van der Waals surface area (Å²) in [6.07, 6.45) is 0. The SMILES string of the molecule is Cc1ccc(N(c2ccc3c(c2)C(c2ccccc2)(c2ccccc2)c2cc(N(c4ccc(C)cc4)c4ccc(C)cc4C)c4ccccc4c2-3)c2ccc(C)cc2C)cc1. The summed E-state index contributed by atoms with van der Waals surface area (Å²) in [4.78, 5) is 4.94. The van der Waals surface area contributed by atoms with Crippen molar-refractivity contribution in [2.24, 2.45) is 0 Å². The Labute approximate surface area is 361 Å². The van der Waals surface area contributed by atoms with E-state index in [1.165, 1.54) is 88.9 Å². The first-order chi connectivity index (χ1) is 29.7. The molecule has 0 aromatic heterocycles. The highest BCUT2D eigenvalue weighted by Gasteiger charge is 2.48. The second-order valence-electron chi connectivity index (χ2n) is 17.0. The standard InChI is InChI=1S/C59H50N2/c1-39-21-27-47(28-22-39)60(55-33-25-41(3)35-43(55)5)49-31-32-52-53(37-49)59(45-15-9-7-10-16-45,46-17-11-8-12-18-46)54-38-57(50-19-13-14-20-51(50)58(52)54)61(48-29-23-40(2)24-30-48)56-34-26-42(4)36-44(56)6/h7-38H,1-6H3. The van der Waals surface area contributed by atoms with E-state index in [0.29, 0.717) is 0 Å². The number of nitrogens with zero attached hydrogens (tertiary/aromatic N) is 2. The van der Waals surface area contributed by atoms with Crippen molar-refractivity contribution in [1.82, 2.24) is 0 Å². The van der Waals surface area contributed by atoms with Crippen LogP contribution < -0.4 is 9.80 Å². The number of benzene rings is 9. The van der Waals surface area contributed by atoms with Gasteiger partial charge < -0.3 is 9.80 Å². The molecule has 1 aliphatic carbocycles. The molecular formula is C59H50N2. The molecule has 61 heavy (non-hydrogen) atoms. The van der Waals surface area contributed by atoms with E-state index in [1.807, 2.05) is 0 Å². The van der Waals surface area contributed by atoms with Crippen molar-refractivity contribution in [3.63, 3.8) is 0 Å². The topological polar surface area (TPSA) is 6.48 Å². The molecule has 0 radical (unpaired) electrons. The molecule has 1 aliphatic rings. The first kappa shape index (κ1) is 38.1. The van der Waals surface area contributed by atoms with Gasteiger partial charge in [0.1, 0.15) is 0 Å². The lowest BCUT2D eigenvalue weighted by Gasteiger charge is -2.36. The van der Waals surface area contributed by atoms with E-state index in [2.05, 4.69) is 245 Å². The molecule has 296 valence electrons. The van der Waals surface area contributed by atoms with Gasteiger partial charge in [0.15, 0.2) is 0 Å². The van der Waals surface area contributed by atoms with Crippen LogP contribution in [0.2, 0.25) is 0 Å². The lowest BCUT2D eigenvalue weighted by molar-refractivity contribution is 0.769. The first-order valence-electron chi connectivity index (χ1n) is 21.4. The van der Waals surface area contributed by atoms with Gasteiger partial charge >= 0.3 is 0 Å². The van der Waals surface area contributed by atoms with Crippen LogP contribution in [0.15, 0.2) is 194 Å². The minimum absolute atomic E-state index is 0.648. The largest absolute Gasteiger partial charge is 0.310 e. The fourth-order valence-electron chi connectivity index (χ4n) is 9.97. The van der Waals surface area contributed by atoms with E-state index >= 15 is 0 Å². The zero-order chi connectivity index (χ0) is 41.8. The number of hydrogen-bond donors (Lipinski definition) is 0. The highest BCUT2D eigenvalue weighted by atomic mass is 15.2. The third-order valence-electron chi connectivity index (χ3n) is 12.8. The van der Waals surface area contributed by atoms with Crippen molar-refractivity contribution in [1.29, 1.82) is 0 Å². The van der Waals surface area contributed by atoms with E-state index in [-0.39, 0.29) is 0 Å². The van der Waals surface area contributed by atoms with Gasteiger partial charge in [-0.15, -0.1) is 0 Å². The monoisotopic (exact) mass is 786 g/mol. The Kier molecular flexibility index (Phi) is 9.45. The van der Waals surface area contributed by atoms with Crippen molar-refractivity contribution in [3.05, 3.63) is 250 Å². The lowest BCUT2D eigenvalue weighted by Crippen LogP contribution is -2.29. The van der Waals surface area contributed by atoms with Crippen LogP contribution in [0.3, 0.4) is 0 Å². The van der Waals surface area contributed by atoms with Crippen molar-refractivity contribution < 1.29 is 0 Å². The molecule has 0 amide bonds. The van der Waals surface area contributed by atoms with Gasteiger partial charge in [-0.25, -0.2) is 0 Å². The maximum absolute atomic E-state index is 2.53. The predicted octanol–water partition coefficient (Wildman–Crippen LogP) is 16.0. The van der Waals surface area contributed by atoms with Gasteiger partial charge in [-0.3, -0.25) is 0 Å². The average molecular weight is 787 g/mol. The fraction of sp³-hybridized carbons (Fsp3) is 0.119. The maximum Gasteiger partial charge on any atom is 0.0715 e. The summed E-state index contributed by atoms with van der Waals surface area (Å²) in [6.45, 7) is 13.1. The maximum atomic E-state index is 2.53. The molecule has 0 bridgehead atoms. The van der Waals surface area contributed by atoms with Crippen LogP contribution in [0.5, 0.6) is 0 Å². The molecule has 0 saturated heterocycles. The van der Waals surface area contributed by atoms with E-state index < -0.39 is 5.41 Å². The quantitative estimate of drug-likeness (QED) is 0.151. The van der Waals surface area contributed by atoms with Crippen LogP contribution in [-0.2, 0) is 5.41 Å². The Hall–Kier alpha value is -7.16. The van der Waals surface area contributed by atoms with Crippen LogP contribution in [-0.4, -0.2) is 0 Å². The van der Waals surface area contributed by atoms with E-state index in [4.69, 9.17) is 0 Å². The van der Waals surface area contributed by atoms with Crippen molar-refractivity contribution in [2.75, 3.05) is 9.80 Å². The zero-order valence-electron chi connectivity index (χ0n) is 35.9. The number of anilines is 6. The highest BCUT2D eigenvalue weighted by molar-refractivity contribution is 6.11. The summed E-state index contributed by atoms with van der Waals surface area (Å²) in [5.74, 6) is 0. The van der Waals surface area contributed by atoms with Crippen molar-refractivity contribution >= 4 is 44.9 Å². The fourth-order valence-corrected chi connectivity index (χ4v) is 9.97. The van der Waals surface area contributed by atoms with Crippen LogP contribution in [0, 0.1) is 41.5 Å². The van der Waals surface area contributed by atoms with Gasteiger partial charge in [-0.2, -0.15) is 0 Å². The third-order valence-corrected chi connectivity index (χ3v) is 12.8. The molecule has 0 aliphatic heterocycles. The molecule has 9 aromatic carbocycles. The summed E-state index contributed by atoms with van der Waals surface area (Å²) in [5.41, 5.74) is 21.3. The number of rotatable bonds is 8. The van der Waals surface area contributed by atoms with Crippen molar-refractivity contribution in [3.8, 4) is 11.1 Å². The summed E-state index contributed by atoms with van der Waals surface area (Å²) < 4.78 is 0. The van der Waals surface area contributed by atoms with Crippen molar-refractivity contribution in [2.45, 2.75) is 47.0 Å². The molecule has 0 fully saturated rings. The smallest absolute Gasteiger partial charge is 0.0715 e. The second kappa shape index (κ2) is 15.1. The molecule has 2 heteroatoms. The molecule has 0 spiro atoms. The Morgan fingerprint density at radius 3 is 1.33 bits per heavy atom. The van der Waals surface area contributed by atoms with Gasteiger partial charge in [-0.1, -0.05) is 162 Å². The van der Waals surface area contributed by atoms with E-state index in [9.17, 15) is 0 Å². The van der Waals surface area contributed by atoms with Crippen LogP contribution in [0.4, 0.5) is 34.1 Å². The summed E-state index contributed by atoms with van der Waals surface area (Å²) >= 11 is 0. The summed E-state index contributed by atoms with van der Waals surface area (Å²) in [5, 5.41) is 2.45. The Bertz CT molecular complexity index is 3030. The highest BCUT2D eigenvalue weighted by Crippen LogP contribution is 2.61. The first-order valence-corrected chi connectivity index (χ1v) is 21.4. The summed E-state index contributed by atoms with van der Waals surface area (Å²) in [7, 11) is 0. The molecule has 2 nitrogen and oxygen atoms in total. The normalized spacial score (nSPS) is 12.6. The molecule has 10 rings (SSSR count). The van der Waals surface area contributed by atoms with Crippen LogP contribution in [0.25, 0.3) is 21.9 Å². The average Bonchev–Trinajstić information content (AvgIpc) is 3.57. The number of aryl methyl sites for hydroxylation is 6. The van der Waals surface area contributed by atoms with Crippen LogP contribution in [0.1, 0.15) is 55.6 Å². The number of hydrogen-bond acceptors (Lipinski definition) is 2. The zero-order valence-corrected chi connectivity index (χ0v) is 35.9. The Balaban J connectivity index is 1.33. The molecule has 0 heterocycles. The van der Waals surface area contributed by atoms with E-state index in [1.54, 1.807) is 0 Å². The summed E-state index contributed by atoms with van der Waals surface area (Å²) in [6, 6.07) is 72.8. The molecule has 9 aromatic rings. The predicted molar refractivity (Wildman–Crippen MR) is 259 cm³/mol. The van der Waals surface area contributed by atoms with Gasteiger partial charge in [0.25, 0.3) is 0 Å². The molecule has 0 atom stereocenters. The molecular weight excluding hydrogens is 737 g/mol. The van der Waals surface area contributed by atoms with Gasteiger partial charge in [0.2, 0.25) is 0 Å². The Morgan fingerprint density at radius 2 is 0.787 bits per heavy atom.